The Morgan fingerprint density at radius 1 is 1.47 bits per heavy atom. The fraction of sp³-hybridized carbons (Fsp3) is 0.600. The van der Waals surface area contributed by atoms with Gasteiger partial charge >= 0.3 is 0 Å². The highest BCUT2D eigenvalue weighted by molar-refractivity contribution is 6.31. The molecule has 0 radical (unpaired) electrons. The highest BCUT2D eigenvalue weighted by Gasteiger charge is 2.24. The van der Waals surface area contributed by atoms with Gasteiger partial charge in [-0.1, -0.05) is 24.6 Å². The molecule has 106 valence electrons. The van der Waals surface area contributed by atoms with Crippen LogP contribution in [0.2, 0.25) is 5.02 Å². The Bertz CT molecular complexity index is 404. The highest BCUT2D eigenvalue weighted by Crippen LogP contribution is 2.27. The molecule has 1 saturated heterocycles. The van der Waals surface area contributed by atoms with E-state index in [2.05, 4.69) is 23.8 Å². The fourth-order valence-electron chi connectivity index (χ4n) is 2.92. The molecule has 4 heteroatoms. The van der Waals surface area contributed by atoms with Crippen LogP contribution in [0.3, 0.4) is 0 Å². The average Bonchev–Trinajstić information content (AvgIpc) is 2.81. The Balaban J connectivity index is 1.96. The second-order valence-electron chi connectivity index (χ2n) is 5.36. The fourth-order valence-corrected chi connectivity index (χ4v) is 3.15. The lowest BCUT2D eigenvalue weighted by atomic mass is 10.1. The Kier molecular flexibility index (Phi) is 5.08. The number of rotatable bonds is 5. The van der Waals surface area contributed by atoms with Crippen LogP contribution in [-0.2, 0) is 6.54 Å². The number of nitrogens with zero attached hydrogens (tertiary/aromatic N) is 2. The van der Waals surface area contributed by atoms with E-state index in [1.165, 1.54) is 19.4 Å². The molecule has 3 nitrogen and oxygen atoms in total. The number of phenolic OH excluding ortho intramolecular Hbond substituents is 1. The molecule has 1 N–H and O–H groups in total. The van der Waals surface area contributed by atoms with Crippen LogP contribution in [0.1, 0.15) is 25.3 Å². The van der Waals surface area contributed by atoms with Gasteiger partial charge in [-0.25, -0.2) is 0 Å². The predicted octanol–water partition coefficient (Wildman–Crippen LogP) is 2.96. The number of hydrogen-bond donors (Lipinski definition) is 1. The zero-order valence-corrected chi connectivity index (χ0v) is 12.5. The van der Waals surface area contributed by atoms with Crippen molar-refractivity contribution in [1.82, 2.24) is 9.80 Å². The Morgan fingerprint density at radius 3 is 2.95 bits per heavy atom. The second kappa shape index (κ2) is 6.60. The minimum atomic E-state index is 0.290. The first-order chi connectivity index (χ1) is 9.11. The number of hydrogen-bond acceptors (Lipinski definition) is 3. The summed E-state index contributed by atoms with van der Waals surface area (Å²) in [4.78, 5) is 4.78. The quantitative estimate of drug-likeness (QED) is 0.899. The Labute approximate surface area is 120 Å². The van der Waals surface area contributed by atoms with Crippen LogP contribution in [0.15, 0.2) is 18.2 Å². The second-order valence-corrected chi connectivity index (χ2v) is 5.77. The van der Waals surface area contributed by atoms with Crippen LogP contribution in [0, 0.1) is 0 Å². The molecule has 1 unspecified atom stereocenters. The van der Waals surface area contributed by atoms with E-state index in [9.17, 15) is 5.11 Å². The maximum atomic E-state index is 9.88. The predicted molar refractivity (Wildman–Crippen MR) is 79.7 cm³/mol. The van der Waals surface area contributed by atoms with E-state index in [0.717, 1.165) is 18.7 Å². The normalized spacial score (nSPS) is 20.3. The minimum absolute atomic E-state index is 0.290. The van der Waals surface area contributed by atoms with Gasteiger partial charge in [-0.3, -0.25) is 4.90 Å². The van der Waals surface area contributed by atoms with E-state index in [-0.39, 0.29) is 5.75 Å². The molecule has 1 fully saturated rings. The monoisotopic (exact) mass is 282 g/mol. The summed E-state index contributed by atoms with van der Waals surface area (Å²) in [7, 11) is 2.09. The number of aromatic hydroxyl groups is 1. The van der Waals surface area contributed by atoms with Crippen LogP contribution in [0.25, 0.3) is 0 Å². The number of halogens is 1. The summed E-state index contributed by atoms with van der Waals surface area (Å²) in [6.07, 6.45) is 2.57. The van der Waals surface area contributed by atoms with Crippen molar-refractivity contribution >= 4 is 11.6 Å². The van der Waals surface area contributed by atoms with Gasteiger partial charge in [0.05, 0.1) is 0 Å². The van der Waals surface area contributed by atoms with Crippen molar-refractivity contribution in [3.8, 4) is 5.75 Å². The van der Waals surface area contributed by atoms with Gasteiger partial charge in [0, 0.05) is 29.7 Å². The Morgan fingerprint density at radius 2 is 2.26 bits per heavy atom. The molecular weight excluding hydrogens is 260 g/mol. The first kappa shape index (κ1) is 14.6. The summed E-state index contributed by atoms with van der Waals surface area (Å²) in [6, 6.07) is 5.94. The number of likely N-dealkylation sites (N-methyl/N-ethyl adjacent to an activating group) is 2. The molecule has 0 aromatic heterocycles. The van der Waals surface area contributed by atoms with Crippen LogP contribution >= 0.6 is 11.6 Å². The van der Waals surface area contributed by atoms with Crippen molar-refractivity contribution in [3.63, 3.8) is 0 Å². The van der Waals surface area contributed by atoms with Crippen molar-refractivity contribution in [2.45, 2.75) is 32.4 Å². The van der Waals surface area contributed by atoms with Crippen LogP contribution in [0.4, 0.5) is 0 Å². The molecule has 0 aliphatic carbocycles. The van der Waals surface area contributed by atoms with Gasteiger partial charge in [-0.2, -0.15) is 0 Å². The summed E-state index contributed by atoms with van der Waals surface area (Å²) < 4.78 is 0. The summed E-state index contributed by atoms with van der Waals surface area (Å²) in [6.45, 7) is 6.28. The average molecular weight is 283 g/mol. The summed E-state index contributed by atoms with van der Waals surface area (Å²) in [5.74, 6) is 0.290. The van der Waals surface area contributed by atoms with Gasteiger partial charge < -0.3 is 10.0 Å². The maximum absolute atomic E-state index is 9.88. The summed E-state index contributed by atoms with van der Waals surface area (Å²) in [5, 5.41) is 10.5. The third-order valence-corrected chi connectivity index (χ3v) is 4.30. The first-order valence-corrected chi connectivity index (χ1v) is 7.38. The van der Waals surface area contributed by atoms with E-state index in [0.29, 0.717) is 17.6 Å². The lowest BCUT2D eigenvalue weighted by Gasteiger charge is -2.28. The smallest absolute Gasteiger partial charge is 0.121 e. The van der Waals surface area contributed by atoms with Crippen LogP contribution in [-0.4, -0.2) is 47.6 Å². The maximum Gasteiger partial charge on any atom is 0.121 e. The molecule has 1 aliphatic rings. The largest absolute Gasteiger partial charge is 0.508 e. The number of likely N-dealkylation sites (tertiary alicyclic amines) is 1. The molecule has 2 rings (SSSR count). The first-order valence-electron chi connectivity index (χ1n) is 7.00. The molecule has 19 heavy (non-hydrogen) atoms. The molecule has 0 amide bonds. The molecule has 1 heterocycles. The Hall–Kier alpha value is -0.770. The number of phenols is 1. The van der Waals surface area contributed by atoms with E-state index >= 15 is 0 Å². The van der Waals surface area contributed by atoms with Gasteiger partial charge in [0.25, 0.3) is 0 Å². The van der Waals surface area contributed by atoms with Gasteiger partial charge in [0.15, 0.2) is 0 Å². The SMILES string of the molecule is CCN1CCCC1CN(C)Cc1c(O)cccc1Cl. The lowest BCUT2D eigenvalue weighted by molar-refractivity contribution is 0.194. The van der Waals surface area contributed by atoms with E-state index in [1.54, 1.807) is 12.1 Å². The van der Waals surface area contributed by atoms with Crippen molar-refractivity contribution in [3.05, 3.63) is 28.8 Å². The molecule has 0 saturated carbocycles. The molecule has 1 aromatic carbocycles. The molecule has 1 aromatic rings. The lowest BCUT2D eigenvalue weighted by Crippen LogP contribution is -2.38. The standard InChI is InChI=1S/C15H23ClN2O/c1-3-18-9-5-6-12(18)10-17(2)11-13-14(16)7-4-8-15(13)19/h4,7-8,12,19H,3,5-6,9-11H2,1-2H3. The molecule has 0 spiro atoms. The molecular formula is C15H23ClN2O. The van der Waals surface area contributed by atoms with Gasteiger partial charge in [-0.05, 0) is 45.1 Å². The zero-order valence-electron chi connectivity index (χ0n) is 11.8. The zero-order chi connectivity index (χ0) is 13.8. The van der Waals surface area contributed by atoms with Crippen molar-refractivity contribution in [1.29, 1.82) is 0 Å². The topological polar surface area (TPSA) is 26.7 Å². The van der Waals surface area contributed by atoms with Crippen molar-refractivity contribution in [2.75, 3.05) is 26.7 Å². The van der Waals surface area contributed by atoms with Crippen molar-refractivity contribution < 1.29 is 5.11 Å². The van der Waals surface area contributed by atoms with E-state index in [1.807, 2.05) is 6.07 Å². The van der Waals surface area contributed by atoms with Gasteiger partial charge in [-0.15, -0.1) is 0 Å². The van der Waals surface area contributed by atoms with E-state index in [4.69, 9.17) is 11.6 Å². The van der Waals surface area contributed by atoms with Gasteiger partial charge in [0.2, 0.25) is 0 Å². The molecule has 1 atom stereocenters. The minimum Gasteiger partial charge on any atom is -0.508 e. The molecule has 0 bridgehead atoms. The molecule has 1 aliphatic heterocycles. The summed E-state index contributed by atoms with van der Waals surface area (Å²) in [5.41, 5.74) is 0.827. The van der Waals surface area contributed by atoms with Crippen molar-refractivity contribution in [2.24, 2.45) is 0 Å². The number of benzene rings is 1. The third kappa shape index (κ3) is 3.62. The third-order valence-electron chi connectivity index (χ3n) is 3.95. The highest BCUT2D eigenvalue weighted by atomic mass is 35.5. The van der Waals surface area contributed by atoms with Crippen LogP contribution < -0.4 is 0 Å². The van der Waals surface area contributed by atoms with Gasteiger partial charge in [0.1, 0.15) is 5.75 Å². The summed E-state index contributed by atoms with van der Waals surface area (Å²) >= 11 is 6.15. The van der Waals surface area contributed by atoms with Crippen LogP contribution in [0.5, 0.6) is 5.75 Å². The van der Waals surface area contributed by atoms with E-state index < -0.39 is 0 Å².